The Bertz CT molecular complexity index is 377. The highest BCUT2D eigenvalue weighted by atomic mass is 79.9. The Morgan fingerprint density at radius 2 is 2.31 bits per heavy atom. The van der Waals surface area contributed by atoms with Crippen molar-refractivity contribution in [2.24, 2.45) is 0 Å². The van der Waals surface area contributed by atoms with E-state index in [-0.39, 0.29) is 17.4 Å². The Kier molecular flexibility index (Phi) is 5.18. The quantitative estimate of drug-likeness (QED) is 0.927. The smallest absolute Gasteiger partial charge is 0.226 e. The minimum Gasteiger partial charge on any atom is -0.384 e. The van der Waals surface area contributed by atoms with Gasteiger partial charge in [0.2, 0.25) is 5.91 Å². The molecule has 16 heavy (non-hydrogen) atoms. The lowest BCUT2D eigenvalue weighted by molar-refractivity contribution is -0.117. The predicted octanol–water partition coefficient (Wildman–Crippen LogP) is 3.22. The van der Waals surface area contributed by atoms with Crippen LogP contribution in [0.3, 0.4) is 0 Å². The third-order valence-corrected chi connectivity index (χ3v) is 2.73. The van der Waals surface area contributed by atoms with E-state index in [1.165, 1.54) is 13.2 Å². The lowest BCUT2D eigenvalue weighted by atomic mass is 10.3. The van der Waals surface area contributed by atoms with Gasteiger partial charge in [0.05, 0.1) is 23.7 Å². The third-order valence-electron chi connectivity index (χ3n) is 1.80. The number of hydrogen-bond acceptors (Lipinski definition) is 2. The lowest BCUT2D eigenvalue weighted by Crippen LogP contribution is -2.14. The van der Waals surface area contributed by atoms with Gasteiger partial charge in [0.15, 0.2) is 0 Å². The molecule has 1 N–H and O–H groups in total. The summed E-state index contributed by atoms with van der Waals surface area (Å²) in [4.78, 5) is 11.4. The number of hydrogen-bond donors (Lipinski definition) is 1. The molecule has 0 saturated heterocycles. The Hall–Kier alpha value is -0.650. The Balaban J connectivity index is 2.77. The van der Waals surface area contributed by atoms with Crippen molar-refractivity contribution in [2.45, 2.75) is 6.42 Å². The summed E-state index contributed by atoms with van der Waals surface area (Å²) in [5, 5.41) is 2.73. The van der Waals surface area contributed by atoms with Crippen LogP contribution >= 0.6 is 27.5 Å². The summed E-state index contributed by atoms with van der Waals surface area (Å²) in [5.41, 5.74) is 0.365. The maximum absolute atomic E-state index is 12.9. The number of benzene rings is 1. The minimum atomic E-state index is -0.466. The van der Waals surface area contributed by atoms with E-state index in [9.17, 15) is 9.18 Å². The molecule has 0 aliphatic carbocycles. The number of methoxy groups -OCH3 is 1. The predicted molar refractivity (Wildman–Crippen MR) is 64.2 cm³/mol. The largest absolute Gasteiger partial charge is 0.384 e. The monoisotopic (exact) mass is 309 g/mol. The molecular weight excluding hydrogens is 300 g/mol. The summed E-state index contributed by atoms with van der Waals surface area (Å²) < 4.78 is 18.1. The summed E-state index contributed by atoms with van der Waals surface area (Å²) in [6.07, 6.45) is 0.219. The van der Waals surface area contributed by atoms with Crippen LogP contribution in [0.2, 0.25) is 5.02 Å². The number of halogens is 3. The van der Waals surface area contributed by atoms with Gasteiger partial charge in [0.1, 0.15) is 5.82 Å². The minimum absolute atomic E-state index is 0.151. The number of anilines is 1. The summed E-state index contributed by atoms with van der Waals surface area (Å²) in [7, 11) is 1.51. The zero-order chi connectivity index (χ0) is 12.1. The molecule has 0 atom stereocenters. The molecule has 0 aliphatic rings. The van der Waals surface area contributed by atoms with Gasteiger partial charge in [-0.05, 0) is 28.1 Å². The van der Waals surface area contributed by atoms with E-state index in [0.717, 1.165) is 6.07 Å². The molecule has 0 aromatic heterocycles. The second kappa shape index (κ2) is 6.18. The van der Waals surface area contributed by atoms with Crippen molar-refractivity contribution in [3.8, 4) is 0 Å². The maximum Gasteiger partial charge on any atom is 0.226 e. The first kappa shape index (κ1) is 13.4. The van der Waals surface area contributed by atoms with Crippen LogP contribution in [0, 0.1) is 5.82 Å². The van der Waals surface area contributed by atoms with Gasteiger partial charge in [0.25, 0.3) is 0 Å². The normalized spacial score (nSPS) is 10.2. The SMILES string of the molecule is COCCC(=O)Nc1c(Cl)cc(F)cc1Br. The molecule has 0 unspecified atom stereocenters. The van der Waals surface area contributed by atoms with E-state index in [4.69, 9.17) is 16.3 Å². The summed E-state index contributed by atoms with van der Waals surface area (Å²) in [6, 6.07) is 2.37. The zero-order valence-corrected chi connectivity index (χ0v) is 10.9. The second-order valence-corrected chi connectivity index (χ2v) is 4.30. The number of rotatable bonds is 4. The van der Waals surface area contributed by atoms with Crippen molar-refractivity contribution in [3.63, 3.8) is 0 Å². The van der Waals surface area contributed by atoms with Crippen molar-refractivity contribution >= 4 is 39.1 Å². The number of carbonyl (C=O) groups excluding carboxylic acids is 1. The van der Waals surface area contributed by atoms with Gasteiger partial charge in [0, 0.05) is 11.6 Å². The summed E-state index contributed by atoms with van der Waals surface area (Å²) >= 11 is 8.92. The summed E-state index contributed by atoms with van der Waals surface area (Å²) in [6.45, 7) is 0.322. The van der Waals surface area contributed by atoms with Crippen LogP contribution in [0.15, 0.2) is 16.6 Å². The molecule has 0 fully saturated rings. The number of ether oxygens (including phenoxy) is 1. The van der Waals surface area contributed by atoms with Crippen molar-refractivity contribution in [3.05, 3.63) is 27.4 Å². The average Bonchev–Trinajstić information content (AvgIpc) is 2.20. The molecule has 0 aliphatic heterocycles. The fourth-order valence-electron chi connectivity index (χ4n) is 1.06. The molecule has 0 radical (unpaired) electrons. The topological polar surface area (TPSA) is 38.3 Å². The first-order chi connectivity index (χ1) is 7.54. The van der Waals surface area contributed by atoms with Gasteiger partial charge in [-0.2, -0.15) is 0 Å². The number of carbonyl (C=O) groups is 1. The van der Waals surface area contributed by atoms with Gasteiger partial charge >= 0.3 is 0 Å². The van der Waals surface area contributed by atoms with Crippen molar-refractivity contribution in [1.29, 1.82) is 0 Å². The average molecular weight is 311 g/mol. The van der Waals surface area contributed by atoms with E-state index in [2.05, 4.69) is 21.2 Å². The molecular formula is C10H10BrClFNO2. The molecule has 0 bridgehead atoms. The van der Waals surface area contributed by atoms with Gasteiger partial charge in [-0.15, -0.1) is 0 Å². The Morgan fingerprint density at radius 1 is 1.62 bits per heavy atom. The molecule has 1 aromatic carbocycles. The van der Waals surface area contributed by atoms with Gasteiger partial charge in [-0.3, -0.25) is 4.79 Å². The summed E-state index contributed by atoms with van der Waals surface area (Å²) in [5.74, 6) is -0.706. The molecule has 1 aromatic rings. The van der Waals surface area contributed by atoms with Crippen LogP contribution in [0.4, 0.5) is 10.1 Å². The van der Waals surface area contributed by atoms with E-state index in [1.807, 2.05) is 0 Å². The van der Waals surface area contributed by atoms with Crippen LogP contribution in [0.5, 0.6) is 0 Å². The van der Waals surface area contributed by atoms with Crippen molar-refractivity contribution < 1.29 is 13.9 Å². The third kappa shape index (κ3) is 3.73. The lowest BCUT2D eigenvalue weighted by Gasteiger charge is -2.09. The zero-order valence-electron chi connectivity index (χ0n) is 8.52. The number of amides is 1. The fraction of sp³-hybridized carbons (Fsp3) is 0.300. The number of nitrogens with one attached hydrogen (secondary N) is 1. The van der Waals surface area contributed by atoms with E-state index in [1.54, 1.807) is 0 Å². The van der Waals surface area contributed by atoms with Gasteiger partial charge in [-0.1, -0.05) is 11.6 Å². The van der Waals surface area contributed by atoms with E-state index < -0.39 is 5.82 Å². The van der Waals surface area contributed by atoms with Crippen LogP contribution < -0.4 is 5.32 Å². The standard InChI is InChI=1S/C10H10BrClFNO2/c1-16-3-2-9(15)14-10-7(11)4-6(13)5-8(10)12/h4-5H,2-3H2,1H3,(H,14,15). The Morgan fingerprint density at radius 3 is 2.88 bits per heavy atom. The molecule has 88 valence electrons. The Labute approximate surface area is 106 Å². The van der Waals surface area contributed by atoms with Crippen LogP contribution in [0.25, 0.3) is 0 Å². The highest BCUT2D eigenvalue weighted by Gasteiger charge is 2.11. The fourth-order valence-corrected chi connectivity index (χ4v) is 1.96. The van der Waals surface area contributed by atoms with Crippen molar-refractivity contribution in [2.75, 3.05) is 19.0 Å². The first-order valence-electron chi connectivity index (χ1n) is 4.48. The molecule has 6 heteroatoms. The van der Waals surface area contributed by atoms with Crippen LogP contribution in [0.1, 0.15) is 6.42 Å². The van der Waals surface area contributed by atoms with Crippen LogP contribution in [-0.4, -0.2) is 19.6 Å². The van der Waals surface area contributed by atoms with E-state index >= 15 is 0 Å². The highest BCUT2D eigenvalue weighted by molar-refractivity contribution is 9.10. The van der Waals surface area contributed by atoms with Gasteiger partial charge in [-0.25, -0.2) is 4.39 Å². The highest BCUT2D eigenvalue weighted by Crippen LogP contribution is 2.31. The molecule has 0 heterocycles. The molecule has 3 nitrogen and oxygen atoms in total. The van der Waals surface area contributed by atoms with Crippen molar-refractivity contribution in [1.82, 2.24) is 0 Å². The molecule has 0 saturated carbocycles. The van der Waals surface area contributed by atoms with Crippen LogP contribution in [-0.2, 0) is 9.53 Å². The van der Waals surface area contributed by atoms with Gasteiger partial charge < -0.3 is 10.1 Å². The molecule has 0 spiro atoms. The van der Waals surface area contributed by atoms with E-state index in [0.29, 0.717) is 16.8 Å². The maximum atomic E-state index is 12.9. The molecule has 1 amide bonds. The second-order valence-electron chi connectivity index (χ2n) is 3.04. The first-order valence-corrected chi connectivity index (χ1v) is 5.65. The molecule has 1 rings (SSSR count).